The van der Waals surface area contributed by atoms with Gasteiger partial charge in [-0.05, 0) is 30.0 Å². The van der Waals surface area contributed by atoms with Crippen LogP contribution >= 0.6 is 11.8 Å². The number of esters is 1. The third kappa shape index (κ3) is 3.90. The standard InChI is InChI=1S/C17H18N2O3S/c1-4-23-15-11-12(9-10-18-15)16(20)19(2)14-8-6-5-7-13(14)17(21)22-3/h5-11H,4H2,1-3H3. The maximum Gasteiger partial charge on any atom is 0.339 e. The first kappa shape index (κ1) is 17.0. The van der Waals surface area contributed by atoms with Crippen molar-refractivity contribution in [1.82, 2.24) is 4.98 Å². The van der Waals surface area contributed by atoms with E-state index < -0.39 is 5.97 Å². The van der Waals surface area contributed by atoms with Gasteiger partial charge in [0.05, 0.1) is 23.4 Å². The van der Waals surface area contributed by atoms with Crippen LogP contribution in [0.25, 0.3) is 0 Å². The van der Waals surface area contributed by atoms with Gasteiger partial charge in [0.15, 0.2) is 0 Å². The highest BCUT2D eigenvalue weighted by atomic mass is 32.2. The predicted octanol–water partition coefficient (Wildman–Crippen LogP) is 3.26. The minimum Gasteiger partial charge on any atom is -0.465 e. The van der Waals surface area contributed by atoms with Crippen molar-refractivity contribution < 1.29 is 14.3 Å². The van der Waals surface area contributed by atoms with Gasteiger partial charge in [0, 0.05) is 18.8 Å². The highest BCUT2D eigenvalue weighted by molar-refractivity contribution is 7.99. The number of anilines is 1. The average Bonchev–Trinajstić information content (AvgIpc) is 2.60. The molecule has 0 atom stereocenters. The van der Waals surface area contributed by atoms with Crippen LogP contribution in [0.3, 0.4) is 0 Å². The monoisotopic (exact) mass is 330 g/mol. The van der Waals surface area contributed by atoms with Crippen LogP contribution in [0.15, 0.2) is 47.6 Å². The van der Waals surface area contributed by atoms with Gasteiger partial charge in [-0.2, -0.15) is 0 Å². The number of rotatable bonds is 5. The second-order valence-corrected chi connectivity index (χ2v) is 5.97. The third-order valence-electron chi connectivity index (χ3n) is 3.25. The van der Waals surface area contributed by atoms with Crippen molar-refractivity contribution in [1.29, 1.82) is 0 Å². The lowest BCUT2D eigenvalue weighted by Gasteiger charge is -2.20. The van der Waals surface area contributed by atoms with Gasteiger partial charge in [0.25, 0.3) is 5.91 Å². The predicted molar refractivity (Wildman–Crippen MR) is 91.2 cm³/mol. The van der Waals surface area contributed by atoms with E-state index in [9.17, 15) is 9.59 Å². The van der Waals surface area contributed by atoms with Crippen molar-refractivity contribution in [2.45, 2.75) is 11.9 Å². The van der Waals surface area contributed by atoms with Crippen LogP contribution in [0.1, 0.15) is 27.6 Å². The minimum atomic E-state index is -0.475. The lowest BCUT2D eigenvalue weighted by molar-refractivity contribution is 0.0601. The van der Waals surface area contributed by atoms with Gasteiger partial charge < -0.3 is 9.64 Å². The summed E-state index contributed by atoms with van der Waals surface area (Å²) >= 11 is 1.57. The van der Waals surface area contributed by atoms with Crippen LogP contribution in [-0.4, -0.2) is 36.8 Å². The Balaban J connectivity index is 2.33. The van der Waals surface area contributed by atoms with E-state index in [1.807, 2.05) is 6.92 Å². The molecule has 6 heteroatoms. The fourth-order valence-electron chi connectivity index (χ4n) is 2.12. The number of aromatic nitrogens is 1. The molecule has 0 saturated heterocycles. The number of nitrogens with zero attached hydrogens (tertiary/aromatic N) is 2. The molecule has 120 valence electrons. The molecule has 0 fully saturated rings. The highest BCUT2D eigenvalue weighted by Crippen LogP contribution is 2.23. The summed E-state index contributed by atoms with van der Waals surface area (Å²) in [6, 6.07) is 10.3. The SMILES string of the molecule is CCSc1cc(C(=O)N(C)c2ccccc2C(=O)OC)ccn1. The maximum atomic E-state index is 12.7. The van der Waals surface area contributed by atoms with Crippen molar-refractivity contribution in [3.8, 4) is 0 Å². The Bertz CT molecular complexity index is 718. The molecule has 0 spiro atoms. The molecule has 1 aromatic heterocycles. The summed E-state index contributed by atoms with van der Waals surface area (Å²) in [7, 11) is 2.95. The summed E-state index contributed by atoms with van der Waals surface area (Å²) in [5, 5.41) is 0.799. The second-order valence-electron chi connectivity index (χ2n) is 4.69. The van der Waals surface area contributed by atoms with Crippen molar-refractivity contribution in [2.24, 2.45) is 0 Å². The molecule has 1 heterocycles. The second kappa shape index (κ2) is 7.78. The Morgan fingerprint density at radius 1 is 1.26 bits per heavy atom. The first-order chi connectivity index (χ1) is 11.1. The van der Waals surface area contributed by atoms with Crippen LogP contribution in [0.4, 0.5) is 5.69 Å². The van der Waals surface area contributed by atoms with Crippen molar-refractivity contribution >= 4 is 29.3 Å². The fourth-order valence-corrected chi connectivity index (χ4v) is 2.76. The summed E-state index contributed by atoms with van der Waals surface area (Å²) in [6.45, 7) is 2.03. The Kier molecular flexibility index (Phi) is 5.76. The molecule has 0 unspecified atom stereocenters. The van der Waals surface area contributed by atoms with E-state index in [2.05, 4.69) is 4.98 Å². The Hall–Kier alpha value is -2.34. The first-order valence-electron chi connectivity index (χ1n) is 7.12. The molecular formula is C17H18N2O3S. The van der Waals surface area contributed by atoms with E-state index in [1.165, 1.54) is 12.0 Å². The van der Waals surface area contributed by atoms with Gasteiger partial charge in [-0.15, -0.1) is 11.8 Å². The van der Waals surface area contributed by atoms with E-state index in [0.29, 0.717) is 16.8 Å². The highest BCUT2D eigenvalue weighted by Gasteiger charge is 2.20. The number of benzene rings is 1. The molecule has 0 radical (unpaired) electrons. The number of hydrogen-bond donors (Lipinski definition) is 0. The number of amides is 1. The molecule has 0 bridgehead atoms. The number of hydrogen-bond acceptors (Lipinski definition) is 5. The summed E-state index contributed by atoms with van der Waals surface area (Å²) in [5.41, 5.74) is 1.38. The van der Waals surface area contributed by atoms with Crippen LogP contribution in [0.5, 0.6) is 0 Å². The van der Waals surface area contributed by atoms with Crippen molar-refractivity contribution in [3.63, 3.8) is 0 Å². The molecule has 0 aliphatic carbocycles. The molecule has 2 rings (SSSR count). The molecule has 0 saturated carbocycles. The molecule has 2 aromatic rings. The molecule has 0 N–H and O–H groups in total. The van der Waals surface area contributed by atoms with E-state index in [0.717, 1.165) is 10.8 Å². The molecule has 5 nitrogen and oxygen atoms in total. The minimum absolute atomic E-state index is 0.207. The van der Waals surface area contributed by atoms with E-state index >= 15 is 0 Å². The van der Waals surface area contributed by atoms with Gasteiger partial charge in [0.1, 0.15) is 0 Å². The number of methoxy groups -OCH3 is 1. The quantitative estimate of drug-likeness (QED) is 0.622. The normalized spacial score (nSPS) is 10.2. The molecule has 1 amide bonds. The zero-order chi connectivity index (χ0) is 16.8. The number of ether oxygens (including phenoxy) is 1. The van der Waals surface area contributed by atoms with E-state index in [1.54, 1.807) is 61.4 Å². The third-order valence-corrected chi connectivity index (χ3v) is 4.06. The molecular weight excluding hydrogens is 312 g/mol. The Morgan fingerprint density at radius 3 is 2.70 bits per heavy atom. The van der Waals surface area contributed by atoms with Crippen LogP contribution in [0.2, 0.25) is 0 Å². The van der Waals surface area contributed by atoms with Crippen molar-refractivity contribution in [3.05, 3.63) is 53.7 Å². The van der Waals surface area contributed by atoms with Gasteiger partial charge in [0.2, 0.25) is 0 Å². The summed E-state index contributed by atoms with van der Waals surface area (Å²) in [6.07, 6.45) is 1.62. The zero-order valence-corrected chi connectivity index (χ0v) is 14.1. The maximum absolute atomic E-state index is 12.7. The van der Waals surface area contributed by atoms with Crippen LogP contribution in [-0.2, 0) is 4.74 Å². The topological polar surface area (TPSA) is 59.5 Å². The fraction of sp³-hybridized carbons (Fsp3) is 0.235. The zero-order valence-electron chi connectivity index (χ0n) is 13.3. The molecule has 0 aliphatic heterocycles. The lowest BCUT2D eigenvalue weighted by atomic mass is 10.1. The van der Waals surface area contributed by atoms with Gasteiger partial charge in [-0.25, -0.2) is 9.78 Å². The average molecular weight is 330 g/mol. The Labute approximate surface area is 139 Å². The number of carbonyl (C=O) groups excluding carboxylic acids is 2. The molecule has 0 aliphatic rings. The first-order valence-corrected chi connectivity index (χ1v) is 8.11. The molecule has 1 aromatic carbocycles. The Morgan fingerprint density at radius 2 is 2.00 bits per heavy atom. The van der Waals surface area contributed by atoms with Crippen molar-refractivity contribution in [2.75, 3.05) is 24.8 Å². The van der Waals surface area contributed by atoms with E-state index in [4.69, 9.17) is 4.74 Å². The number of thioether (sulfide) groups is 1. The van der Waals surface area contributed by atoms with Crippen LogP contribution < -0.4 is 4.90 Å². The number of carbonyl (C=O) groups is 2. The summed E-state index contributed by atoms with van der Waals surface area (Å²) in [4.78, 5) is 30.2. The summed E-state index contributed by atoms with van der Waals surface area (Å²) in [5.74, 6) is 0.199. The number of para-hydroxylation sites is 1. The van der Waals surface area contributed by atoms with E-state index in [-0.39, 0.29) is 5.91 Å². The van der Waals surface area contributed by atoms with Gasteiger partial charge >= 0.3 is 5.97 Å². The lowest BCUT2D eigenvalue weighted by Crippen LogP contribution is -2.28. The smallest absolute Gasteiger partial charge is 0.339 e. The van der Waals surface area contributed by atoms with Gasteiger partial charge in [-0.3, -0.25) is 4.79 Å². The van der Waals surface area contributed by atoms with Crippen LogP contribution in [0, 0.1) is 0 Å². The van der Waals surface area contributed by atoms with Gasteiger partial charge in [-0.1, -0.05) is 19.1 Å². The summed E-state index contributed by atoms with van der Waals surface area (Å²) < 4.78 is 4.77. The number of pyridine rings is 1. The largest absolute Gasteiger partial charge is 0.465 e. The molecule has 23 heavy (non-hydrogen) atoms.